The fourth-order valence-electron chi connectivity index (χ4n) is 1.77. The van der Waals surface area contributed by atoms with Gasteiger partial charge in [0.2, 0.25) is 11.8 Å². The number of allylic oxidation sites excluding steroid dienone is 1. The number of hydrogen-bond acceptors (Lipinski definition) is 2. The number of benzene rings is 1. The van der Waals surface area contributed by atoms with Crippen molar-refractivity contribution in [2.24, 2.45) is 5.92 Å². The lowest BCUT2D eigenvalue weighted by Gasteiger charge is -2.10. The van der Waals surface area contributed by atoms with Crippen LogP contribution in [0.3, 0.4) is 0 Å². The monoisotopic (exact) mass is 288 g/mol. The molecule has 2 amide bonds. The van der Waals surface area contributed by atoms with Gasteiger partial charge in [0.15, 0.2) is 0 Å². The topological polar surface area (TPSA) is 58.2 Å². The normalized spacial score (nSPS) is 11.4. The summed E-state index contributed by atoms with van der Waals surface area (Å²) in [4.78, 5) is 23.5. The largest absolute Gasteiger partial charge is 0.348 e. The summed E-state index contributed by atoms with van der Waals surface area (Å²) in [6, 6.07) is 7.50. The molecule has 0 heterocycles. The Labute approximate surface area is 126 Å². The second-order valence-electron chi connectivity index (χ2n) is 5.32. The van der Waals surface area contributed by atoms with E-state index in [1.165, 1.54) is 0 Å². The molecule has 0 atom stereocenters. The van der Waals surface area contributed by atoms with Gasteiger partial charge in [0.05, 0.1) is 0 Å². The highest BCUT2D eigenvalue weighted by molar-refractivity contribution is 5.93. The lowest BCUT2D eigenvalue weighted by molar-refractivity contribution is -0.119. The Morgan fingerprint density at radius 3 is 2.62 bits per heavy atom. The van der Waals surface area contributed by atoms with Gasteiger partial charge >= 0.3 is 0 Å². The molecule has 0 saturated heterocycles. The van der Waals surface area contributed by atoms with Crippen molar-refractivity contribution in [3.8, 4) is 0 Å². The van der Waals surface area contributed by atoms with Crippen LogP contribution in [0.2, 0.25) is 0 Å². The van der Waals surface area contributed by atoms with Crippen LogP contribution in [0.15, 0.2) is 35.9 Å². The minimum Gasteiger partial charge on any atom is -0.348 e. The Morgan fingerprint density at radius 1 is 1.29 bits per heavy atom. The van der Waals surface area contributed by atoms with Crippen LogP contribution in [0.1, 0.15) is 39.7 Å². The Morgan fingerprint density at radius 2 is 2.00 bits per heavy atom. The van der Waals surface area contributed by atoms with Crippen LogP contribution >= 0.6 is 0 Å². The number of hydrogen-bond donors (Lipinski definition) is 2. The summed E-state index contributed by atoms with van der Waals surface area (Å²) in [6.45, 7) is 7.94. The Hall–Kier alpha value is -2.10. The smallest absolute Gasteiger partial charge is 0.246 e. The number of nitrogens with one attached hydrogen (secondary N) is 2. The molecular formula is C17H24N2O2. The molecule has 0 unspecified atom stereocenters. The third kappa shape index (κ3) is 5.81. The van der Waals surface area contributed by atoms with Gasteiger partial charge in [0, 0.05) is 23.7 Å². The molecule has 1 rings (SSSR count). The summed E-state index contributed by atoms with van der Waals surface area (Å²) in [5.41, 5.74) is 2.43. The number of amides is 2. The molecule has 0 aromatic heterocycles. The average Bonchev–Trinajstić information content (AvgIpc) is 2.45. The van der Waals surface area contributed by atoms with Crippen molar-refractivity contribution in [1.29, 1.82) is 0 Å². The third-order valence-electron chi connectivity index (χ3n) is 3.04. The van der Waals surface area contributed by atoms with E-state index in [0.717, 1.165) is 23.2 Å². The molecule has 0 radical (unpaired) electrons. The first kappa shape index (κ1) is 17.0. The Kier molecular flexibility index (Phi) is 6.66. The Balaban J connectivity index is 2.63. The van der Waals surface area contributed by atoms with Gasteiger partial charge in [-0.2, -0.15) is 0 Å². The van der Waals surface area contributed by atoms with Gasteiger partial charge in [-0.05, 0) is 31.0 Å². The van der Waals surface area contributed by atoms with E-state index in [1.54, 1.807) is 6.92 Å². The van der Waals surface area contributed by atoms with Gasteiger partial charge < -0.3 is 10.6 Å². The quantitative estimate of drug-likeness (QED) is 0.789. The molecule has 4 nitrogen and oxygen atoms in total. The third-order valence-corrected chi connectivity index (χ3v) is 3.04. The predicted molar refractivity (Wildman–Crippen MR) is 85.8 cm³/mol. The first-order valence-corrected chi connectivity index (χ1v) is 7.28. The number of carbonyl (C=O) groups excluding carboxylic acids is 2. The SMILES string of the molecule is CCC=C(C)C(=O)NCc1cccc(NC(=O)C(C)C)c1. The first-order chi connectivity index (χ1) is 9.93. The van der Waals surface area contributed by atoms with Crippen LogP contribution in [0.25, 0.3) is 0 Å². The second-order valence-corrected chi connectivity index (χ2v) is 5.32. The molecule has 2 N–H and O–H groups in total. The van der Waals surface area contributed by atoms with Gasteiger partial charge in [0.1, 0.15) is 0 Å². The van der Waals surface area contributed by atoms with Gasteiger partial charge in [-0.1, -0.05) is 39.0 Å². The molecule has 0 aliphatic heterocycles. The summed E-state index contributed by atoms with van der Waals surface area (Å²) >= 11 is 0. The van der Waals surface area contributed by atoms with E-state index < -0.39 is 0 Å². The molecule has 0 saturated carbocycles. The van der Waals surface area contributed by atoms with Crippen LogP contribution in [0, 0.1) is 5.92 Å². The zero-order chi connectivity index (χ0) is 15.8. The summed E-state index contributed by atoms with van der Waals surface area (Å²) in [5, 5.41) is 5.72. The molecule has 1 aromatic rings. The van der Waals surface area contributed by atoms with Crippen molar-refractivity contribution in [2.75, 3.05) is 5.32 Å². The molecule has 0 aliphatic rings. The fourth-order valence-corrected chi connectivity index (χ4v) is 1.77. The number of carbonyl (C=O) groups is 2. The zero-order valence-electron chi connectivity index (χ0n) is 13.2. The number of rotatable bonds is 6. The van der Waals surface area contributed by atoms with Gasteiger partial charge in [-0.15, -0.1) is 0 Å². The second kappa shape index (κ2) is 8.25. The van der Waals surface area contributed by atoms with Crippen molar-refractivity contribution < 1.29 is 9.59 Å². The van der Waals surface area contributed by atoms with E-state index in [1.807, 2.05) is 51.1 Å². The highest BCUT2D eigenvalue weighted by atomic mass is 16.2. The van der Waals surface area contributed by atoms with Crippen molar-refractivity contribution in [3.63, 3.8) is 0 Å². The highest BCUT2D eigenvalue weighted by Crippen LogP contribution is 2.12. The van der Waals surface area contributed by atoms with Gasteiger partial charge in [-0.3, -0.25) is 9.59 Å². The van der Waals surface area contributed by atoms with E-state index in [2.05, 4.69) is 10.6 Å². The number of anilines is 1. The average molecular weight is 288 g/mol. The van der Waals surface area contributed by atoms with Crippen LogP contribution in [-0.2, 0) is 16.1 Å². The molecule has 114 valence electrons. The molecule has 0 bridgehead atoms. The summed E-state index contributed by atoms with van der Waals surface area (Å²) < 4.78 is 0. The van der Waals surface area contributed by atoms with Crippen molar-refractivity contribution in [1.82, 2.24) is 5.32 Å². The van der Waals surface area contributed by atoms with Crippen LogP contribution in [-0.4, -0.2) is 11.8 Å². The highest BCUT2D eigenvalue weighted by Gasteiger charge is 2.08. The molecule has 1 aromatic carbocycles. The van der Waals surface area contributed by atoms with E-state index in [9.17, 15) is 9.59 Å². The Bertz CT molecular complexity index is 533. The summed E-state index contributed by atoms with van der Waals surface area (Å²) in [6.07, 6.45) is 2.74. The fraction of sp³-hybridized carbons (Fsp3) is 0.412. The maximum Gasteiger partial charge on any atom is 0.246 e. The van der Waals surface area contributed by atoms with Crippen molar-refractivity contribution in [2.45, 2.75) is 40.7 Å². The summed E-state index contributed by atoms with van der Waals surface area (Å²) in [7, 11) is 0. The van der Waals surface area contributed by atoms with Crippen LogP contribution in [0.5, 0.6) is 0 Å². The van der Waals surface area contributed by atoms with Gasteiger partial charge in [0.25, 0.3) is 0 Å². The zero-order valence-corrected chi connectivity index (χ0v) is 13.2. The summed E-state index contributed by atoms with van der Waals surface area (Å²) in [5.74, 6) is -0.137. The minimum atomic E-state index is -0.0616. The maximum absolute atomic E-state index is 11.8. The van der Waals surface area contributed by atoms with Crippen LogP contribution in [0.4, 0.5) is 5.69 Å². The van der Waals surface area contributed by atoms with Crippen LogP contribution < -0.4 is 10.6 Å². The lowest BCUT2D eigenvalue weighted by Crippen LogP contribution is -2.23. The molecule has 21 heavy (non-hydrogen) atoms. The maximum atomic E-state index is 11.8. The lowest BCUT2D eigenvalue weighted by atomic mass is 10.1. The minimum absolute atomic E-state index is 0.0158. The first-order valence-electron chi connectivity index (χ1n) is 7.28. The van der Waals surface area contributed by atoms with E-state index in [4.69, 9.17) is 0 Å². The van der Waals surface area contributed by atoms with E-state index in [-0.39, 0.29) is 17.7 Å². The van der Waals surface area contributed by atoms with Crippen molar-refractivity contribution in [3.05, 3.63) is 41.5 Å². The molecule has 4 heteroatoms. The van der Waals surface area contributed by atoms with E-state index in [0.29, 0.717) is 6.54 Å². The predicted octanol–water partition coefficient (Wildman–Crippen LogP) is 3.25. The molecule has 0 spiro atoms. The standard InChI is InChI=1S/C17H24N2O2/c1-5-7-13(4)17(21)18-11-14-8-6-9-15(10-14)19-16(20)12(2)3/h6-10,12H,5,11H2,1-4H3,(H,18,21)(H,19,20). The van der Waals surface area contributed by atoms with Crippen molar-refractivity contribution >= 4 is 17.5 Å². The van der Waals surface area contributed by atoms with E-state index >= 15 is 0 Å². The molecule has 0 fully saturated rings. The molecular weight excluding hydrogens is 264 g/mol. The van der Waals surface area contributed by atoms with Gasteiger partial charge in [-0.25, -0.2) is 0 Å². The molecule has 0 aliphatic carbocycles.